The highest BCUT2D eigenvalue weighted by Gasteiger charge is 2.07. The summed E-state index contributed by atoms with van der Waals surface area (Å²) in [5.41, 5.74) is 5.10. The molecule has 1 aromatic heterocycles. The minimum atomic E-state index is 0.429. The summed E-state index contributed by atoms with van der Waals surface area (Å²) >= 11 is 12.0. The molecule has 0 spiro atoms. The van der Waals surface area contributed by atoms with Crippen LogP contribution in [0.15, 0.2) is 97.2 Å². The molecule has 3 aromatic carbocycles. The zero-order chi connectivity index (χ0) is 21.6. The van der Waals surface area contributed by atoms with Crippen LogP contribution >= 0.6 is 23.2 Å². The van der Waals surface area contributed by atoms with Gasteiger partial charge in [0.2, 0.25) is 0 Å². The summed E-state index contributed by atoms with van der Waals surface area (Å²) in [6, 6.07) is 23.3. The van der Waals surface area contributed by atoms with Gasteiger partial charge in [-0.15, -0.1) is 0 Å². The summed E-state index contributed by atoms with van der Waals surface area (Å²) in [6.07, 6.45) is 11.0. The first kappa shape index (κ1) is 21.0. The van der Waals surface area contributed by atoms with Crippen LogP contribution in [-0.2, 0) is 0 Å². The van der Waals surface area contributed by atoms with Gasteiger partial charge >= 0.3 is 0 Å². The van der Waals surface area contributed by atoms with E-state index in [0.29, 0.717) is 15.8 Å². The molecule has 31 heavy (non-hydrogen) atoms. The van der Waals surface area contributed by atoms with Gasteiger partial charge in [-0.25, -0.2) is 0 Å². The van der Waals surface area contributed by atoms with Crippen LogP contribution in [0.1, 0.15) is 23.1 Å². The van der Waals surface area contributed by atoms with Gasteiger partial charge in [0.15, 0.2) is 0 Å². The van der Waals surface area contributed by atoms with Crippen molar-refractivity contribution in [2.24, 2.45) is 0 Å². The fourth-order valence-electron chi connectivity index (χ4n) is 3.39. The Labute approximate surface area is 191 Å². The standard InChI is InChI=1S/C27H21Cl2NO/c28-23-13-9-19(10-14-23)21(17-27(31)20-11-15-24(29)16-12-20)5-1-2-6-22-18-30-26-8-4-3-7-25(22)26/h2-18,30-31H,1H2/p+1/b6-2+,21-5+,27-17-. The maximum absolute atomic E-state index is 8.52. The molecule has 0 aliphatic heterocycles. The van der Waals surface area contributed by atoms with E-state index in [1.807, 2.05) is 60.8 Å². The van der Waals surface area contributed by atoms with Crippen molar-refractivity contribution < 1.29 is 5.11 Å². The highest BCUT2D eigenvalue weighted by molar-refractivity contribution is 6.30. The first-order valence-corrected chi connectivity index (χ1v) is 10.7. The van der Waals surface area contributed by atoms with E-state index in [1.54, 1.807) is 12.1 Å². The first-order valence-electron chi connectivity index (χ1n) is 9.98. The van der Waals surface area contributed by atoms with E-state index in [-0.39, 0.29) is 0 Å². The lowest BCUT2D eigenvalue weighted by atomic mass is 10.0. The van der Waals surface area contributed by atoms with Crippen LogP contribution in [0.5, 0.6) is 0 Å². The summed E-state index contributed by atoms with van der Waals surface area (Å²) in [7, 11) is 0. The average molecular weight is 447 g/mol. The lowest BCUT2D eigenvalue weighted by molar-refractivity contribution is 0.512. The molecule has 0 saturated carbocycles. The Morgan fingerprint density at radius 1 is 0.839 bits per heavy atom. The summed E-state index contributed by atoms with van der Waals surface area (Å²) in [5, 5.41) is 11.1. The van der Waals surface area contributed by atoms with Crippen molar-refractivity contribution >= 4 is 51.5 Å². The van der Waals surface area contributed by atoms with Gasteiger partial charge in [-0.3, -0.25) is 0 Å². The van der Waals surface area contributed by atoms with Crippen LogP contribution in [0, 0.1) is 0 Å². The lowest BCUT2D eigenvalue weighted by Crippen LogP contribution is -1.87. The maximum atomic E-state index is 8.52. The number of benzene rings is 3. The second-order valence-corrected chi connectivity index (χ2v) is 8.03. The van der Waals surface area contributed by atoms with Crippen LogP contribution in [0.2, 0.25) is 10.0 Å². The van der Waals surface area contributed by atoms with Crippen LogP contribution in [0.3, 0.4) is 0 Å². The number of aromatic amines is 1. The van der Waals surface area contributed by atoms with Gasteiger partial charge in [-0.1, -0.05) is 71.8 Å². The summed E-state index contributed by atoms with van der Waals surface area (Å²) in [4.78, 5) is 3.29. The molecule has 4 aromatic rings. The van der Waals surface area contributed by atoms with E-state index in [1.165, 1.54) is 5.39 Å². The number of H-pyrrole nitrogens is 1. The van der Waals surface area contributed by atoms with Gasteiger partial charge in [-0.05, 0) is 65.6 Å². The Morgan fingerprint density at radius 3 is 2.19 bits per heavy atom. The number of para-hydroxylation sites is 1. The second kappa shape index (κ2) is 9.74. The summed E-state index contributed by atoms with van der Waals surface area (Å²) < 4.78 is 0. The number of allylic oxidation sites excluding steroid dienone is 4. The molecular formula is C27H22Cl2NO+. The molecule has 3 N–H and O–H groups in total. The Balaban J connectivity index is 1.60. The van der Waals surface area contributed by atoms with Gasteiger partial charge < -0.3 is 10.1 Å². The smallest absolute Gasteiger partial charge is 0.261 e. The van der Waals surface area contributed by atoms with E-state index in [2.05, 4.69) is 35.3 Å². The third-order valence-electron chi connectivity index (χ3n) is 5.03. The zero-order valence-corrected chi connectivity index (χ0v) is 18.3. The van der Waals surface area contributed by atoms with Gasteiger partial charge in [0.1, 0.15) is 0 Å². The number of hydrogen-bond donors (Lipinski definition) is 1. The third kappa shape index (κ3) is 5.29. The van der Waals surface area contributed by atoms with E-state index < -0.39 is 0 Å². The molecule has 0 aliphatic rings. The van der Waals surface area contributed by atoms with Gasteiger partial charge in [-0.2, -0.15) is 0 Å². The van der Waals surface area contributed by atoms with Gasteiger partial charge in [0.05, 0.1) is 5.56 Å². The maximum Gasteiger partial charge on any atom is 0.261 e. The normalized spacial score (nSPS) is 12.7. The van der Waals surface area contributed by atoms with E-state index in [9.17, 15) is 0 Å². The minimum absolute atomic E-state index is 0.429. The van der Waals surface area contributed by atoms with Crippen LogP contribution in [-0.4, -0.2) is 10.1 Å². The Kier molecular flexibility index (Phi) is 6.61. The number of rotatable bonds is 6. The molecule has 154 valence electrons. The van der Waals surface area contributed by atoms with Crippen molar-refractivity contribution in [3.05, 3.63) is 124 Å². The van der Waals surface area contributed by atoms with Crippen LogP contribution in [0.25, 0.3) is 28.3 Å². The molecule has 0 unspecified atom stereocenters. The van der Waals surface area contributed by atoms with E-state index in [0.717, 1.165) is 34.2 Å². The number of hydrogen-bond acceptors (Lipinski definition) is 0. The second-order valence-electron chi connectivity index (χ2n) is 7.16. The monoisotopic (exact) mass is 446 g/mol. The Hall–Kier alpha value is -3.20. The minimum Gasteiger partial charge on any atom is -0.593 e. The molecule has 0 amide bonds. The van der Waals surface area contributed by atoms with E-state index >= 15 is 0 Å². The first-order chi connectivity index (χ1) is 15.1. The van der Waals surface area contributed by atoms with E-state index in [4.69, 9.17) is 28.3 Å². The molecule has 1 heterocycles. The van der Waals surface area contributed by atoms with Crippen molar-refractivity contribution in [3.8, 4) is 0 Å². The molecule has 0 atom stereocenters. The lowest BCUT2D eigenvalue weighted by Gasteiger charge is -2.04. The molecule has 4 rings (SSSR count). The summed E-state index contributed by atoms with van der Waals surface area (Å²) in [5.74, 6) is 0.429. The zero-order valence-electron chi connectivity index (χ0n) is 16.8. The average Bonchev–Trinajstić information content (AvgIpc) is 3.20. The van der Waals surface area contributed by atoms with Crippen molar-refractivity contribution in [1.82, 2.24) is 4.98 Å². The van der Waals surface area contributed by atoms with Crippen molar-refractivity contribution in [1.29, 1.82) is 0 Å². The van der Waals surface area contributed by atoms with Crippen LogP contribution < -0.4 is 0 Å². The van der Waals surface area contributed by atoms with Crippen molar-refractivity contribution in [3.63, 3.8) is 0 Å². The molecule has 0 radical (unpaired) electrons. The van der Waals surface area contributed by atoms with Gasteiger partial charge in [0.25, 0.3) is 5.76 Å². The Bertz CT molecular complexity index is 1260. The number of halogens is 2. The molecule has 0 fully saturated rings. The molecule has 4 heteroatoms. The number of aromatic nitrogens is 1. The Morgan fingerprint density at radius 2 is 1.48 bits per heavy atom. The predicted octanol–water partition coefficient (Wildman–Crippen LogP) is 7.73. The van der Waals surface area contributed by atoms with Crippen LogP contribution in [0.4, 0.5) is 0 Å². The van der Waals surface area contributed by atoms with Gasteiger partial charge in [0, 0.05) is 33.2 Å². The van der Waals surface area contributed by atoms with Crippen molar-refractivity contribution in [2.75, 3.05) is 0 Å². The highest BCUT2D eigenvalue weighted by Crippen LogP contribution is 2.25. The molecular weight excluding hydrogens is 425 g/mol. The quantitative estimate of drug-likeness (QED) is 0.179. The molecule has 0 bridgehead atoms. The van der Waals surface area contributed by atoms with Crippen molar-refractivity contribution in [2.45, 2.75) is 6.42 Å². The SMILES string of the molecule is [OH2+]/C(=C\C(=C/C/C=C/c1c[nH]c2ccccc12)c1ccc(Cl)cc1)c1ccc(Cl)cc1. The highest BCUT2D eigenvalue weighted by atomic mass is 35.5. The third-order valence-corrected chi connectivity index (χ3v) is 5.53. The molecule has 0 saturated heterocycles. The predicted molar refractivity (Wildman–Crippen MR) is 134 cm³/mol. The topological polar surface area (TPSA) is 38.7 Å². The summed E-state index contributed by atoms with van der Waals surface area (Å²) in [6.45, 7) is 0. The number of fused-ring (bicyclic) bond motifs is 1. The fourth-order valence-corrected chi connectivity index (χ4v) is 3.64. The molecule has 2 nitrogen and oxygen atoms in total. The fraction of sp³-hybridized carbons (Fsp3) is 0.0370. The largest absolute Gasteiger partial charge is 0.593 e. The number of nitrogens with one attached hydrogen (secondary N) is 1. The molecule has 0 aliphatic carbocycles.